The zero-order valence-corrected chi connectivity index (χ0v) is 17.1. The molecule has 5 rings (SSSR count). The van der Waals surface area contributed by atoms with Gasteiger partial charge in [-0.1, -0.05) is 47.1 Å². The second-order valence-corrected chi connectivity index (χ2v) is 8.42. The molecule has 0 radical (unpaired) electrons. The number of fused-ring (bicyclic) bond motifs is 1. The van der Waals surface area contributed by atoms with Crippen LogP contribution in [-0.2, 0) is 9.59 Å². The molecule has 2 aromatic rings. The number of carbonyl (C=O) groups excluding carboxylic acids is 3. The minimum Gasteiger partial charge on any atom is -0.360 e. The molecule has 2 fully saturated rings. The van der Waals surface area contributed by atoms with Crippen molar-refractivity contribution in [3.63, 3.8) is 0 Å². The summed E-state index contributed by atoms with van der Waals surface area (Å²) in [6.45, 7) is 2.31. The molecule has 30 heavy (non-hydrogen) atoms. The number of amides is 3. The second kappa shape index (κ2) is 7.09. The number of nitrogens with zero attached hydrogens (tertiary/aromatic N) is 3. The first-order valence-corrected chi connectivity index (χ1v) is 10.4. The number of halogens is 1. The van der Waals surface area contributed by atoms with Crippen LogP contribution in [-0.4, -0.2) is 51.8 Å². The molecule has 0 saturated carbocycles. The highest BCUT2D eigenvalue weighted by Crippen LogP contribution is 2.38. The first kappa shape index (κ1) is 19.1. The van der Waals surface area contributed by atoms with Crippen molar-refractivity contribution in [2.75, 3.05) is 13.1 Å². The van der Waals surface area contributed by atoms with E-state index < -0.39 is 0 Å². The van der Waals surface area contributed by atoms with Crippen molar-refractivity contribution >= 4 is 29.3 Å². The Morgan fingerprint density at radius 3 is 2.37 bits per heavy atom. The maximum Gasteiger partial charge on any atom is 0.259 e. The summed E-state index contributed by atoms with van der Waals surface area (Å²) in [7, 11) is 0. The molecule has 3 aliphatic rings. The van der Waals surface area contributed by atoms with Crippen LogP contribution in [0.25, 0.3) is 11.3 Å². The van der Waals surface area contributed by atoms with E-state index in [2.05, 4.69) is 5.16 Å². The number of aromatic nitrogens is 1. The molecule has 2 saturated heterocycles. The molecular formula is C22H20ClN3O4. The predicted octanol–water partition coefficient (Wildman–Crippen LogP) is 3.08. The van der Waals surface area contributed by atoms with Crippen molar-refractivity contribution in [3.05, 3.63) is 52.8 Å². The van der Waals surface area contributed by atoms with Gasteiger partial charge in [-0.05, 0) is 25.8 Å². The van der Waals surface area contributed by atoms with Crippen molar-refractivity contribution in [1.29, 1.82) is 0 Å². The van der Waals surface area contributed by atoms with Gasteiger partial charge in [0.1, 0.15) is 17.0 Å². The number of benzene rings is 1. The van der Waals surface area contributed by atoms with E-state index in [1.165, 1.54) is 4.90 Å². The van der Waals surface area contributed by atoms with Crippen LogP contribution in [0.3, 0.4) is 0 Å². The van der Waals surface area contributed by atoms with Gasteiger partial charge in [0.2, 0.25) is 11.8 Å². The number of rotatable bonds is 3. The highest BCUT2D eigenvalue weighted by atomic mass is 35.5. The van der Waals surface area contributed by atoms with E-state index in [9.17, 15) is 14.4 Å². The van der Waals surface area contributed by atoms with E-state index in [4.69, 9.17) is 16.1 Å². The normalized spacial score (nSPS) is 23.7. The smallest absolute Gasteiger partial charge is 0.259 e. The average Bonchev–Trinajstić information content (AvgIpc) is 3.21. The Labute approximate surface area is 178 Å². The molecule has 0 spiro atoms. The Morgan fingerprint density at radius 1 is 1.10 bits per heavy atom. The molecule has 8 heteroatoms. The summed E-state index contributed by atoms with van der Waals surface area (Å²) < 4.78 is 5.29. The lowest BCUT2D eigenvalue weighted by Gasteiger charge is -2.43. The van der Waals surface area contributed by atoms with Gasteiger partial charge >= 0.3 is 0 Å². The summed E-state index contributed by atoms with van der Waals surface area (Å²) in [5, 5.41) is 4.52. The van der Waals surface area contributed by atoms with Crippen molar-refractivity contribution in [2.45, 2.75) is 25.8 Å². The topological polar surface area (TPSA) is 83.7 Å². The van der Waals surface area contributed by atoms with Crippen LogP contribution in [0.15, 0.2) is 40.9 Å². The number of aryl methyl sites for hydroxylation is 1. The summed E-state index contributed by atoms with van der Waals surface area (Å²) in [6.07, 6.45) is 5.17. The minimum absolute atomic E-state index is 0.107. The van der Waals surface area contributed by atoms with E-state index in [1.807, 2.05) is 18.2 Å². The number of allylic oxidation sites excluding steroid dienone is 2. The first-order chi connectivity index (χ1) is 14.5. The van der Waals surface area contributed by atoms with Gasteiger partial charge in [0.25, 0.3) is 5.91 Å². The fourth-order valence-electron chi connectivity index (χ4n) is 4.59. The van der Waals surface area contributed by atoms with Gasteiger partial charge in [-0.15, -0.1) is 0 Å². The third kappa shape index (κ3) is 2.80. The van der Waals surface area contributed by atoms with Gasteiger partial charge in [-0.3, -0.25) is 19.3 Å². The highest BCUT2D eigenvalue weighted by molar-refractivity contribution is 6.33. The molecular weight excluding hydrogens is 406 g/mol. The Bertz CT molecular complexity index is 1060. The Hall–Kier alpha value is -2.93. The molecule has 1 aromatic heterocycles. The van der Waals surface area contributed by atoms with E-state index in [0.717, 1.165) is 0 Å². The summed E-state index contributed by atoms with van der Waals surface area (Å²) in [4.78, 5) is 41.7. The van der Waals surface area contributed by atoms with Crippen LogP contribution in [0.1, 0.15) is 29.0 Å². The van der Waals surface area contributed by atoms with Crippen molar-refractivity contribution in [3.8, 4) is 11.3 Å². The first-order valence-electron chi connectivity index (χ1n) is 9.99. The van der Waals surface area contributed by atoms with Gasteiger partial charge in [-0.25, -0.2) is 0 Å². The molecule has 2 aliphatic heterocycles. The largest absolute Gasteiger partial charge is 0.360 e. The summed E-state index contributed by atoms with van der Waals surface area (Å²) in [5.74, 6) is -0.547. The van der Waals surface area contributed by atoms with Crippen molar-refractivity contribution in [2.24, 2.45) is 11.8 Å². The average molecular weight is 426 g/mol. The molecule has 0 bridgehead atoms. The summed E-state index contributed by atoms with van der Waals surface area (Å²) in [6, 6.07) is 6.86. The summed E-state index contributed by atoms with van der Waals surface area (Å²) >= 11 is 6.28. The lowest BCUT2D eigenvalue weighted by molar-refractivity contribution is -0.145. The molecule has 1 aromatic carbocycles. The van der Waals surface area contributed by atoms with Crippen LogP contribution in [0.4, 0.5) is 0 Å². The maximum atomic E-state index is 13.2. The zero-order valence-electron chi connectivity index (χ0n) is 16.4. The Balaban J connectivity index is 1.34. The fraction of sp³-hybridized carbons (Fsp3) is 0.364. The van der Waals surface area contributed by atoms with E-state index in [0.29, 0.717) is 53.5 Å². The molecule has 154 valence electrons. The Kier molecular flexibility index (Phi) is 4.50. The Morgan fingerprint density at radius 2 is 1.73 bits per heavy atom. The van der Waals surface area contributed by atoms with Crippen LogP contribution in [0.5, 0.6) is 0 Å². The van der Waals surface area contributed by atoms with Crippen molar-refractivity contribution < 1.29 is 18.9 Å². The lowest BCUT2D eigenvalue weighted by Crippen LogP contribution is -2.62. The van der Waals surface area contributed by atoms with Gasteiger partial charge in [-0.2, -0.15) is 0 Å². The zero-order chi connectivity index (χ0) is 21.0. The van der Waals surface area contributed by atoms with Gasteiger partial charge < -0.3 is 9.42 Å². The number of likely N-dealkylation sites (tertiary alicyclic amines) is 2. The number of carbonyl (C=O) groups is 3. The van der Waals surface area contributed by atoms with E-state index >= 15 is 0 Å². The monoisotopic (exact) mass is 425 g/mol. The number of hydrogen-bond donors (Lipinski definition) is 0. The van der Waals surface area contributed by atoms with Crippen LogP contribution in [0, 0.1) is 18.8 Å². The SMILES string of the molecule is Cc1onc(-c2ccccc2Cl)c1C(=O)N1CC(N2C(=O)[C@H]3CC=CC[C@H]3C2=O)C1. The third-order valence-corrected chi connectivity index (χ3v) is 6.59. The lowest BCUT2D eigenvalue weighted by atomic mass is 9.85. The molecule has 3 amide bonds. The molecule has 0 N–H and O–H groups in total. The summed E-state index contributed by atoms with van der Waals surface area (Å²) in [5.41, 5.74) is 1.38. The van der Waals surface area contributed by atoms with Crippen LogP contribution >= 0.6 is 11.6 Å². The third-order valence-electron chi connectivity index (χ3n) is 6.26. The second-order valence-electron chi connectivity index (χ2n) is 8.01. The highest BCUT2D eigenvalue weighted by Gasteiger charge is 2.52. The minimum atomic E-state index is -0.275. The van der Waals surface area contributed by atoms with Gasteiger partial charge in [0.05, 0.1) is 22.9 Å². The van der Waals surface area contributed by atoms with Crippen LogP contribution in [0.2, 0.25) is 5.02 Å². The van der Waals surface area contributed by atoms with Crippen molar-refractivity contribution in [1.82, 2.24) is 15.0 Å². The molecule has 2 atom stereocenters. The van der Waals surface area contributed by atoms with Gasteiger partial charge in [0, 0.05) is 18.7 Å². The van der Waals surface area contributed by atoms with Gasteiger partial charge in [0.15, 0.2) is 0 Å². The standard InChI is InChI=1S/C22H20ClN3O4/c1-12-18(19(24-30-12)16-8-4-5-9-17(16)23)22(29)25-10-13(11-25)26-20(27)14-6-2-3-7-15(14)21(26)28/h2-5,8-9,13-15H,6-7,10-11H2,1H3/t14-,15+. The molecule has 7 nitrogen and oxygen atoms in total. The van der Waals surface area contributed by atoms with Crippen LogP contribution < -0.4 is 0 Å². The molecule has 1 aliphatic carbocycles. The number of imide groups is 1. The van der Waals surface area contributed by atoms with E-state index in [-0.39, 0.29) is 35.6 Å². The number of hydrogen-bond acceptors (Lipinski definition) is 5. The molecule has 0 unspecified atom stereocenters. The fourth-order valence-corrected chi connectivity index (χ4v) is 4.81. The maximum absolute atomic E-state index is 13.2. The quantitative estimate of drug-likeness (QED) is 0.557. The predicted molar refractivity (Wildman–Crippen MR) is 109 cm³/mol. The van der Waals surface area contributed by atoms with E-state index in [1.54, 1.807) is 30.0 Å². The molecule has 3 heterocycles.